The lowest BCUT2D eigenvalue weighted by molar-refractivity contribution is 0.446. The molecule has 0 aliphatic heterocycles. The average Bonchev–Trinajstić information content (AvgIpc) is 3.29. The number of pyridine rings is 1. The van der Waals surface area contributed by atoms with E-state index in [1.54, 1.807) is 29.0 Å². The van der Waals surface area contributed by atoms with Crippen molar-refractivity contribution in [2.24, 2.45) is 5.73 Å². The number of fused-ring (bicyclic) bond motifs is 1. The van der Waals surface area contributed by atoms with E-state index in [4.69, 9.17) is 10.5 Å². The van der Waals surface area contributed by atoms with Gasteiger partial charge in [0.1, 0.15) is 5.75 Å². The van der Waals surface area contributed by atoms with E-state index in [9.17, 15) is 4.79 Å². The fourth-order valence-corrected chi connectivity index (χ4v) is 3.35. The number of benzene rings is 1. The molecule has 154 valence electrons. The number of nitrogens with one attached hydrogen (secondary N) is 1. The second-order valence-electron chi connectivity index (χ2n) is 6.74. The molecule has 8 nitrogen and oxygen atoms in total. The summed E-state index contributed by atoms with van der Waals surface area (Å²) in [6.07, 6.45) is 7.50. The minimum atomic E-state index is -0.231. The maximum absolute atomic E-state index is 12.8. The van der Waals surface area contributed by atoms with Crippen LogP contribution < -0.4 is 16.2 Å². The van der Waals surface area contributed by atoms with Gasteiger partial charge in [-0.15, -0.1) is 0 Å². The molecule has 4 aromatic rings. The number of ether oxygens (including phenoxy) is 1. The van der Waals surface area contributed by atoms with Crippen molar-refractivity contribution in [3.05, 3.63) is 70.5 Å². The lowest BCUT2D eigenvalue weighted by Crippen LogP contribution is -2.26. The number of rotatable bonds is 7. The molecule has 3 aromatic heterocycles. The van der Waals surface area contributed by atoms with Gasteiger partial charge in [0.25, 0.3) is 6.01 Å². The predicted octanol–water partition coefficient (Wildman–Crippen LogP) is 3.60. The van der Waals surface area contributed by atoms with Gasteiger partial charge in [0.15, 0.2) is 5.65 Å². The molecule has 0 saturated heterocycles. The highest BCUT2D eigenvalue weighted by molar-refractivity contribution is 5.73. The first-order valence-electron chi connectivity index (χ1n) is 9.96. The minimum absolute atomic E-state index is 0.0856. The molecule has 4 rings (SSSR count). The van der Waals surface area contributed by atoms with Gasteiger partial charge in [-0.25, -0.2) is 14.3 Å². The van der Waals surface area contributed by atoms with Gasteiger partial charge in [-0.2, -0.15) is 4.98 Å². The number of nitrogens with zero attached hydrogens (tertiary/aromatic N) is 4. The number of aromatic nitrogens is 5. The van der Waals surface area contributed by atoms with Crippen molar-refractivity contribution in [3.63, 3.8) is 0 Å². The minimum Gasteiger partial charge on any atom is -0.426 e. The zero-order valence-corrected chi connectivity index (χ0v) is 17.0. The molecule has 0 fully saturated rings. The van der Waals surface area contributed by atoms with Crippen LogP contribution in [0.2, 0.25) is 0 Å². The quantitative estimate of drug-likeness (QED) is 0.490. The zero-order valence-electron chi connectivity index (χ0n) is 17.0. The molecule has 3 N–H and O–H groups in total. The van der Waals surface area contributed by atoms with Crippen LogP contribution in [0.1, 0.15) is 31.7 Å². The molecule has 0 saturated carbocycles. The Hall–Kier alpha value is -3.65. The first-order chi connectivity index (χ1) is 14.7. The Morgan fingerprint density at radius 2 is 2.00 bits per heavy atom. The Morgan fingerprint density at radius 1 is 1.20 bits per heavy atom. The monoisotopic (exact) mass is 404 g/mol. The maximum atomic E-state index is 12.8. The SMILES string of the molecule is CC/C=C\c1nc(Oc2ccc(-n3c(=O)n(CN)c4cccnc43)cc2)[nH]c1CC. The predicted molar refractivity (Wildman–Crippen MR) is 117 cm³/mol. The van der Waals surface area contributed by atoms with E-state index in [0.29, 0.717) is 28.6 Å². The van der Waals surface area contributed by atoms with E-state index in [1.165, 1.54) is 4.57 Å². The summed E-state index contributed by atoms with van der Waals surface area (Å²) in [5.74, 6) is 0.616. The molecule has 0 bridgehead atoms. The van der Waals surface area contributed by atoms with E-state index in [0.717, 1.165) is 24.2 Å². The molecular formula is C22H24N6O2. The summed E-state index contributed by atoms with van der Waals surface area (Å²) in [5, 5.41) is 0. The summed E-state index contributed by atoms with van der Waals surface area (Å²) < 4.78 is 8.92. The second-order valence-corrected chi connectivity index (χ2v) is 6.74. The van der Waals surface area contributed by atoms with E-state index in [1.807, 2.05) is 24.3 Å². The molecule has 0 unspecified atom stereocenters. The number of hydrogen-bond donors (Lipinski definition) is 2. The highest BCUT2D eigenvalue weighted by atomic mass is 16.5. The number of aromatic amines is 1. The Morgan fingerprint density at radius 3 is 2.70 bits per heavy atom. The van der Waals surface area contributed by atoms with Crippen LogP contribution in [0.4, 0.5) is 0 Å². The van der Waals surface area contributed by atoms with Gasteiger partial charge in [-0.05, 0) is 55.3 Å². The Kier molecular flexibility index (Phi) is 5.49. The molecule has 30 heavy (non-hydrogen) atoms. The lowest BCUT2D eigenvalue weighted by atomic mass is 10.2. The molecule has 0 aliphatic carbocycles. The van der Waals surface area contributed by atoms with Crippen molar-refractivity contribution in [2.45, 2.75) is 33.4 Å². The highest BCUT2D eigenvalue weighted by Gasteiger charge is 2.15. The van der Waals surface area contributed by atoms with Crippen molar-refractivity contribution in [2.75, 3.05) is 0 Å². The number of aryl methyl sites for hydroxylation is 1. The first kappa shape index (κ1) is 19.7. The van der Waals surface area contributed by atoms with Crippen LogP contribution >= 0.6 is 0 Å². The molecule has 1 aromatic carbocycles. The van der Waals surface area contributed by atoms with Crippen molar-refractivity contribution in [1.29, 1.82) is 0 Å². The summed E-state index contributed by atoms with van der Waals surface area (Å²) in [4.78, 5) is 24.9. The van der Waals surface area contributed by atoms with E-state index in [-0.39, 0.29) is 12.4 Å². The van der Waals surface area contributed by atoms with E-state index in [2.05, 4.69) is 34.9 Å². The standard InChI is InChI=1S/C22H24N6O2/c1-3-5-7-18-17(4-2)25-21(26-18)30-16-11-9-15(10-12-16)28-20-19(8-6-13-24-20)27(14-23)22(28)29/h5-13H,3-4,14,23H2,1-2H3,(H,25,26)/b7-5-. The molecule has 0 aliphatic rings. The van der Waals surface area contributed by atoms with E-state index >= 15 is 0 Å². The highest BCUT2D eigenvalue weighted by Crippen LogP contribution is 2.23. The molecule has 8 heteroatoms. The van der Waals surface area contributed by atoms with Crippen LogP contribution in [0.3, 0.4) is 0 Å². The second kappa shape index (κ2) is 8.38. The third kappa shape index (κ3) is 3.53. The topological polar surface area (TPSA) is 104 Å². The van der Waals surface area contributed by atoms with Gasteiger partial charge in [0, 0.05) is 11.9 Å². The first-order valence-corrected chi connectivity index (χ1v) is 9.96. The normalized spacial score (nSPS) is 11.6. The third-order valence-corrected chi connectivity index (χ3v) is 4.84. The number of hydrogen-bond acceptors (Lipinski definition) is 5. The zero-order chi connectivity index (χ0) is 21.1. The van der Waals surface area contributed by atoms with Crippen LogP contribution in [-0.4, -0.2) is 24.1 Å². The van der Waals surface area contributed by atoms with Crippen LogP contribution in [-0.2, 0) is 13.1 Å². The molecular weight excluding hydrogens is 380 g/mol. The van der Waals surface area contributed by atoms with Gasteiger partial charge < -0.3 is 15.5 Å². The summed E-state index contributed by atoms with van der Waals surface area (Å²) >= 11 is 0. The molecule has 0 radical (unpaired) electrons. The fourth-order valence-electron chi connectivity index (χ4n) is 3.35. The van der Waals surface area contributed by atoms with Crippen molar-refractivity contribution in [3.8, 4) is 17.4 Å². The number of nitrogens with two attached hydrogens (primary N) is 1. The number of imidazole rings is 2. The van der Waals surface area contributed by atoms with Crippen molar-refractivity contribution >= 4 is 17.2 Å². The van der Waals surface area contributed by atoms with Gasteiger partial charge >= 0.3 is 5.69 Å². The summed E-state index contributed by atoms with van der Waals surface area (Å²) in [5.41, 5.74) is 9.39. The average molecular weight is 404 g/mol. The summed E-state index contributed by atoms with van der Waals surface area (Å²) in [7, 11) is 0. The van der Waals surface area contributed by atoms with Crippen molar-refractivity contribution in [1.82, 2.24) is 24.1 Å². The fraction of sp³-hybridized carbons (Fsp3) is 0.227. The molecule has 3 heterocycles. The van der Waals surface area contributed by atoms with Crippen molar-refractivity contribution < 1.29 is 4.74 Å². The van der Waals surface area contributed by atoms with Gasteiger partial charge in [0.2, 0.25) is 0 Å². The third-order valence-electron chi connectivity index (χ3n) is 4.84. The summed E-state index contributed by atoms with van der Waals surface area (Å²) in [6.45, 7) is 4.24. The van der Waals surface area contributed by atoms with Crippen LogP contribution in [0.25, 0.3) is 22.9 Å². The van der Waals surface area contributed by atoms with Gasteiger partial charge in [-0.1, -0.05) is 19.9 Å². The molecule has 0 amide bonds. The maximum Gasteiger partial charge on any atom is 0.336 e. The molecule has 0 spiro atoms. The Balaban J connectivity index is 1.64. The van der Waals surface area contributed by atoms with Crippen LogP contribution in [0.5, 0.6) is 11.8 Å². The van der Waals surface area contributed by atoms with Crippen LogP contribution in [0, 0.1) is 0 Å². The largest absolute Gasteiger partial charge is 0.426 e. The van der Waals surface area contributed by atoms with Gasteiger partial charge in [-0.3, -0.25) is 4.57 Å². The van der Waals surface area contributed by atoms with E-state index < -0.39 is 0 Å². The number of allylic oxidation sites excluding steroid dienone is 1. The number of H-pyrrole nitrogens is 1. The smallest absolute Gasteiger partial charge is 0.336 e. The Bertz CT molecular complexity index is 1250. The Labute approximate surface area is 173 Å². The van der Waals surface area contributed by atoms with Crippen LogP contribution in [0.15, 0.2) is 53.5 Å². The lowest BCUT2D eigenvalue weighted by Gasteiger charge is -2.05. The summed E-state index contributed by atoms with van der Waals surface area (Å²) in [6, 6.07) is 11.3. The molecule has 0 atom stereocenters. The van der Waals surface area contributed by atoms with Gasteiger partial charge in [0.05, 0.1) is 23.6 Å².